The van der Waals surface area contributed by atoms with Crippen LogP contribution < -0.4 is 10.9 Å². The van der Waals surface area contributed by atoms with Gasteiger partial charge in [0.1, 0.15) is 5.02 Å². The van der Waals surface area contributed by atoms with E-state index in [9.17, 15) is 14.4 Å². The molecule has 3 rings (SSSR count). The molecule has 1 aliphatic rings. The van der Waals surface area contributed by atoms with Gasteiger partial charge in [-0.25, -0.2) is 4.98 Å². The van der Waals surface area contributed by atoms with E-state index in [0.717, 1.165) is 4.90 Å². The van der Waals surface area contributed by atoms with Gasteiger partial charge in [-0.05, 0) is 18.2 Å². The number of amides is 2. The van der Waals surface area contributed by atoms with Crippen LogP contribution in [0.15, 0.2) is 29.3 Å². The molecule has 0 atom stereocenters. The van der Waals surface area contributed by atoms with Crippen LogP contribution in [0.2, 0.25) is 5.02 Å². The molecule has 0 saturated carbocycles. The molecule has 2 N–H and O–H groups in total. The summed E-state index contributed by atoms with van der Waals surface area (Å²) in [6.07, 6.45) is 1.21. The number of hydrogen-bond donors (Lipinski definition) is 2. The summed E-state index contributed by atoms with van der Waals surface area (Å²) in [4.78, 5) is 42.4. The number of anilines is 2. The van der Waals surface area contributed by atoms with Crippen LogP contribution in [-0.2, 0) is 0 Å². The number of hydrogen-bond acceptors (Lipinski definition) is 5. The first-order valence-electron chi connectivity index (χ1n) is 5.95. The lowest BCUT2D eigenvalue weighted by atomic mass is 10.1. The Kier molecular flexibility index (Phi) is 2.99. The van der Waals surface area contributed by atoms with E-state index in [4.69, 9.17) is 11.6 Å². The van der Waals surface area contributed by atoms with Crippen LogP contribution in [0.5, 0.6) is 0 Å². The summed E-state index contributed by atoms with van der Waals surface area (Å²) >= 11 is 5.84. The SMILES string of the molecule is CN1C(=O)c2ccc(Nc3nc[nH]c(=O)c3Cl)cc2C1=O. The zero-order chi connectivity index (χ0) is 15.1. The first-order chi connectivity index (χ1) is 9.99. The molecule has 0 radical (unpaired) electrons. The Labute approximate surface area is 123 Å². The standard InChI is InChI=1S/C13H9ClN4O3/c1-18-12(20)7-3-2-6(4-8(7)13(18)21)17-10-9(14)11(19)16-5-15-10/h2-5H,1H3,(H2,15,16,17,19). The van der Waals surface area contributed by atoms with Gasteiger partial charge in [-0.15, -0.1) is 0 Å². The van der Waals surface area contributed by atoms with E-state index in [-0.39, 0.29) is 22.7 Å². The van der Waals surface area contributed by atoms with E-state index in [1.807, 2.05) is 0 Å². The van der Waals surface area contributed by atoms with Gasteiger partial charge >= 0.3 is 0 Å². The highest BCUT2D eigenvalue weighted by Crippen LogP contribution is 2.27. The number of fused-ring (bicyclic) bond motifs is 1. The van der Waals surface area contributed by atoms with Gasteiger partial charge in [-0.1, -0.05) is 11.6 Å². The van der Waals surface area contributed by atoms with E-state index in [1.165, 1.54) is 19.4 Å². The quantitative estimate of drug-likeness (QED) is 0.818. The van der Waals surface area contributed by atoms with Gasteiger partial charge in [0, 0.05) is 12.7 Å². The lowest BCUT2D eigenvalue weighted by Crippen LogP contribution is -2.24. The molecule has 2 amide bonds. The Balaban J connectivity index is 2.00. The molecule has 0 saturated heterocycles. The number of halogens is 1. The molecule has 2 aromatic rings. The number of nitrogens with one attached hydrogen (secondary N) is 2. The second-order valence-electron chi connectivity index (χ2n) is 4.45. The number of nitrogens with zero attached hydrogens (tertiary/aromatic N) is 2. The van der Waals surface area contributed by atoms with Gasteiger partial charge in [0.25, 0.3) is 17.4 Å². The van der Waals surface area contributed by atoms with Crippen molar-refractivity contribution in [2.75, 3.05) is 12.4 Å². The van der Waals surface area contributed by atoms with E-state index in [0.29, 0.717) is 16.8 Å². The Bertz CT molecular complexity index is 830. The molecule has 1 aromatic heterocycles. The van der Waals surface area contributed by atoms with Crippen LogP contribution in [-0.4, -0.2) is 33.7 Å². The minimum absolute atomic E-state index is 0.0856. The molecule has 0 fully saturated rings. The molecule has 0 aliphatic carbocycles. The third-order valence-electron chi connectivity index (χ3n) is 3.15. The second kappa shape index (κ2) is 4.71. The van der Waals surface area contributed by atoms with Gasteiger partial charge in [-0.3, -0.25) is 19.3 Å². The van der Waals surface area contributed by atoms with Crippen molar-refractivity contribution in [3.63, 3.8) is 0 Å². The monoisotopic (exact) mass is 304 g/mol. The topological polar surface area (TPSA) is 95.2 Å². The summed E-state index contributed by atoms with van der Waals surface area (Å²) in [5.74, 6) is -0.539. The van der Waals surface area contributed by atoms with Gasteiger partial charge < -0.3 is 10.3 Å². The van der Waals surface area contributed by atoms with Gasteiger partial charge in [0.2, 0.25) is 0 Å². The van der Waals surface area contributed by atoms with Crippen molar-refractivity contribution in [2.24, 2.45) is 0 Å². The summed E-state index contributed by atoms with van der Waals surface area (Å²) in [6, 6.07) is 4.68. The van der Waals surface area contributed by atoms with Gasteiger partial charge in [0.05, 0.1) is 17.5 Å². The second-order valence-corrected chi connectivity index (χ2v) is 4.83. The third kappa shape index (κ3) is 2.07. The average molecular weight is 305 g/mol. The Hall–Kier alpha value is -2.67. The smallest absolute Gasteiger partial charge is 0.271 e. The fourth-order valence-corrected chi connectivity index (χ4v) is 2.20. The summed E-state index contributed by atoms with van der Waals surface area (Å²) < 4.78 is 0. The molecule has 1 aliphatic heterocycles. The highest BCUT2D eigenvalue weighted by Gasteiger charge is 2.32. The zero-order valence-corrected chi connectivity index (χ0v) is 11.6. The molecule has 106 valence electrons. The predicted molar refractivity (Wildman–Crippen MR) is 76.0 cm³/mol. The first-order valence-corrected chi connectivity index (χ1v) is 6.33. The summed E-state index contributed by atoms with van der Waals surface area (Å²) in [5, 5.41) is 2.76. The number of benzene rings is 1. The number of rotatable bonds is 2. The average Bonchev–Trinajstić information content (AvgIpc) is 2.69. The molecule has 0 unspecified atom stereocenters. The Morgan fingerprint density at radius 1 is 1.19 bits per heavy atom. The van der Waals surface area contributed by atoms with E-state index in [2.05, 4.69) is 15.3 Å². The van der Waals surface area contributed by atoms with Crippen molar-refractivity contribution < 1.29 is 9.59 Å². The molecule has 21 heavy (non-hydrogen) atoms. The number of imide groups is 1. The van der Waals surface area contributed by atoms with Crippen molar-refractivity contribution in [3.8, 4) is 0 Å². The number of carbonyl (C=O) groups excluding carboxylic acids is 2. The summed E-state index contributed by atoms with van der Waals surface area (Å²) in [6.45, 7) is 0. The fourth-order valence-electron chi connectivity index (χ4n) is 2.05. The van der Waals surface area contributed by atoms with Gasteiger partial charge in [0.15, 0.2) is 5.82 Å². The summed E-state index contributed by atoms with van der Waals surface area (Å²) in [5.41, 5.74) is 0.679. The molecular weight excluding hydrogens is 296 g/mol. The van der Waals surface area contributed by atoms with Crippen LogP contribution >= 0.6 is 11.6 Å². The van der Waals surface area contributed by atoms with Crippen molar-refractivity contribution in [1.82, 2.24) is 14.9 Å². The maximum atomic E-state index is 11.9. The number of aromatic amines is 1. The normalized spacial score (nSPS) is 13.5. The lowest BCUT2D eigenvalue weighted by Gasteiger charge is -2.07. The minimum atomic E-state index is -0.471. The molecule has 2 heterocycles. The largest absolute Gasteiger partial charge is 0.339 e. The highest BCUT2D eigenvalue weighted by atomic mass is 35.5. The van der Waals surface area contributed by atoms with Crippen LogP contribution in [0, 0.1) is 0 Å². The van der Waals surface area contributed by atoms with Crippen LogP contribution in [0.3, 0.4) is 0 Å². The fraction of sp³-hybridized carbons (Fsp3) is 0.0769. The van der Waals surface area contributed by atoms with E-state index < -0.39 is 5.56 Å². The summed E-state index contributed by atoms with van der Waals surface area (Å²) in [7, 11) is 1.42. The Morgan fingerprint density at radius 3 is 2.67 bits per heavy atom. The third-order valence-corrected chi connectivity index (χ3v) is 3.50. The van der Waals surface area contributed by atoms with E-state index >= 15 is 0 Å². The van der Waals surface area contributed by atoms with Gasteiger partial charge in [-0.2, -0.15) is 0 Å². The zero-order valence-electron chi connectivity index (χ0n) is 10.8. The minimum Gasteiger partial charge on any atom is -0.339 e. The van der Waals surface area contributed by atoms with Crippen LogP contribution in [0.25, 0.3) is 0 Å². The molecule has 7 nitrogen and oxygen atoms in total. The predicted octanol–water partition coefficient (Wildman–Crippen LogP) is 1.39. The molecule has 0 spiro atoms. The van der Waals surface area contributed by atoms with Crippen LogP contribution in [0.4, 0.5) is 11.5 Å². The van der Waals surface area contributed by atoms with Crippen molar-refractivity contribution >= 4 is 34.9 Å². The van der Waals surface area contributed by atoms with Crippen LogP contribution in [0.1, 0.15) is 20.7 Å². The van der Waals surface area contributed by atoms with Crippen molar-refractivity contribution in [1.29, 1.82) is 0 Å². The number of H-pyrrole nitrogens is 1. The van der Waals surface area contributed by atoms with E-state index in [1.54, 1.807) is 12.1 Å². The first kappa shape index (κ1) is 13.3. The molecule has 0 bridgehead atoms. The highest BCUT2D eigenvalue weighted by molar-refractivity contribution is 6.32. The molecule has 8 heteroatoms. The number of aromatic nitrogens is 2. The molecule has 1 aromatic carbocycles. The molecular formula is C13H9ClN4O3. The number of carbonyl (C=O) groups is 2. The maximum absolute atomic E-state index is 11.9. The van der Waals surface area contributed by atoms with Crippen molar-refractivity contribution in [2.45, 2.75) is 0 Å². The maximum Gasteiger partial charge on any atom is 0.271 e. The Morgan fingerprint density at radius 2 is 1.90 bits per heavy atom. The lowest BCUT2D eigenvalue weighted by molar-refractivity contribution is 0.0693. The van der Waals surface area contributed by atoms with Crippen molar-refractivity contribution in [3.05, 3.63) is 51.0 Å².